The number of hydrogen-bond donors (Lipinski definition) is 1. The van der Waals surface area contributed by atoms with Gasteiger partial charge in [0.05, 0.1) is 11.1 Å². The van der Waals surface area contributed by atoms with Crippen LogP contribution in [0.4, 0.5) is 31.5 Å². The number of aromatic nitrogens is 2. The molecule has 2 aliphatic heterocycles. The van der Waals surface area contributed by atoms with E-state index < -0.39 is 46.9 Å². The lowest BCUT2D eigenvalue weighted by Gasteiger charge is -2.24. The number of nitrogens with zero attached hydrogens (tertiary/aromatic N) is 3. The lowest BCUT2D eigenvalue weighted by molar-refractivity contribution is -0.143. The number of amides is 2. The number of fused-ring (bicyclic) bond motifs is 1. The Bertz CT molecular complexity index is 1380. The van der Waals surface area contributed by atoms with Gasteiger partial charge in [-0.1, -0.05) is 11.3 Å². The molecule has 1 unspecified atom stereocenters. The van der Waals surface area contributed by atoms with Crippen LogP contribution in [0.5, 0.6) is 11.5 Å². The second kappa shape index (κ2) is 9.45. The molecule has 38 heavy (non-hydrogen) atoms. The molecule has 2 amide bonds. The Morgan fingerprint density at radius 2 is 1.63 bits per heavy atom. The van der Waals surface area contributed by atoms with Crippen LogP contribution in [0.2, 0.25) is 0 Å². The molecule has 1 fully saturated rings. The molecule has 2 aromatic carbocycles. The lowest BCUT2D eigenvalue weighted by atomic mass is 10.0. The SMILES string of the molecule is O=C(Nc1nnc(-c2ccc3c(c2)OCO3)s1)C1CCCN1C(=O)c1cc(C(F)(F)F)cc(C(F)(F)F)c1. The molecule has 8 nitrogen and oxygen atoms in total. The normalized spacial score (nSPS) is 17.1. The summed E-state index contributed by atoms with van der Waals surface area (Å²) in [5.41, 5.74) is -3.38. The molecule has 3 heterocycles. The average molecular weight is 558 g/mol. The van der Waals surface area contributed by atoms with Crippen LogP contribution in [-0.2, 0) is 17.1 Å². The highest BCUT2D eigenvalue weighted by atomic mass is 32.1. The molecular formula is C23H16F6N4O4S. The zero-order valence-corrected chi connectivity index (χ0v) is 19.8. The second-order valence-corrected chi connectivity index (χ2v) is 9.40. The van der Waals surface area contributed by atoms with E-state index in [9.17, 15) is 35.9 Å². The Morgan fingerprint density at radius 3 is 2.32 bits per heavy atom. The fourth-order valence-electron chi connectivity index (χ4n) is 4.14. The van der Waals surface area contributed by atoms with Crippen molar-refractivity contribution in [1.82, 2.24) is 15.1 Å². The number of halogens is 6. The molecule has 200 valence electrons. The van der Waals surface area contributed by atoms with Gasteiger partial charge in [0.15, 0.2) is 11.5 Å². The largest absolute Gasteiger partial charge is 0.454 e. The molecule has 3 aromatic rings. The van der Waals surface area contributed by atoms with Crippen LogP contribution < -0.4 is 14.8 Å². The molecular weight excluding hydrogens is 542 g/mol. The zero-order chi connectivity index (χ0) is 27.2. The average Bonchev–Trinajstić information content (AvgIpc) is 3.62. The maximum absolute atomic E-state index is 13.2. The third-order valence-corrected chi connectivity index (χ3v) is 6.81. The summed E-state index contributed by atoms with van der Waals surface area (Å²) in [5.74, 6) is -0.711. The zero-order valence-electron chi connectivity index (χ0n) is 19.0. The molecule has 5 rings (SSSR count). The topological polar surface area (TPSA) is 93.7 Å². The molecule has 1 aromatic heterocycles. The molecule has 2 aliphatic rings. The van der Waals surface area contributed by atoms with Gasteiger partial charge in [-0.05, 0) is 49.2 Å². The number of rotatable bonds is 4. The Hall–Kier alpha value is -3.88. The quantitative estimate of drug-likeness (QED) is 0.442. The number of nitrogens with one attached hydrogen (secondary N) is 1. The molecule has 1 saturated heterocycles. The number of carbonyl (C=O) groups excluding carboxylic acids is 2. The van der Waals surface area contributed by atoms with Crippen LogP contribution in [-0.4, -0.2) is 46.3 Å². The van der Waals surface area contributed by atoms with Crippen molar-refractivity contribution in [2.24, 2.45) is 0 Å². The smallest absolute Gasteiger partial charge is 0.416 e. The van der Waals surface area contributed by atoms with E-state index in [1.54, 1.807) is 18.2 Å². The van der Waals surface area contributed by atoms with Gasteiger partial charge in [0.25, 0.3) is 5.91 Å². The first-order chi connectivity index (χ1) is 17.9. The van der Waals surface area contributed by atoms with E-state index in [1.807, 2.05) is 0 Å². The number of likely N-dealkylation sites (tertiary alicyclic amines) is 1. The summed E-state index contributed by atoms with van der Waals surface area (Å²) >= 11 is 1.03. The van der Waals surface area contributed by atoms with Gasteiger partial charge in [-0.2, -0.15) is 26.3 Å². The Kier molecular flexibility index (Phi) is 6.41. The summed E-state index contributed by atoms with van der Waals surface area (Å²) < 4.78 is 90.0. The monoisotopic (exact) mass is 558 g/mol. The maximum atomic E-state index is 13.2. The fourth-order valence-corrected chi connectivity index (χ4v) is 4.88. The van der Waals surface area contributed by atoms with Gasteiger partial charge < -0.3 is 14.4 Å². The Morgan fingerprint density at radius 1 is 0.947 bits per heavy atom. The van der Waals surface area contributed by atoms with E-state index in [2.05, 4.69) is 15.5 Å². The minimum atomic E-state index is -5.11. The molecule has 0 radical (unpaired) electrons. The van der Waals surface area contributed by atoms with Crippen molar-refractivity contribution in [2.75, 3.05) is 18.7 Å². The summed E-state index contributed by atoms with van der Waals surface area (Å²) in [6.07, 6.45) is -9.72. The van der Waals surface area contributed by atoms with Crippen molar-refractivity contribution in [2.45, 2.75) is 31.2 Å². The molecule has 0 saturated carbocycles. The predicted molar refractivity (Wildman–Crippen MR) is 121 cm³/mol. The van der Waals surface area contributed by atoms with Crippen molar-refractivity contribution in [3.05, 3.63) is 53.1 Å². The summed E-state index contributed by atoms with van der Waals surface area (Å²) in [5, 5.41) is 11.0. The first-order valence-electron chi connectivity index (χ1n) is 11.0. The number of alkyl halides is 6. The van der Waals surface area contributed by atoms with Crippen LogP contribution in [0.25, 0.3) is 10.6 Å². The van der Waals surface area contributed by atoms with E-state index in [-0.39, 0.29) is 31.0 Å². The van der Waals surface area contributed by atoms with Gasteiger partial charge in [-0.15, -0.1) is 10.2 Å². The number of anilines is 1. The van der Waals surface area contributed by atoms with Crippen LogP contribution in [0.3, 0.4) is 0 Å². The highest BCUT2D eigenvalue weighted by molar-refractivity contribution is 7.18. The van der Waals surface area contributed by atoms with Crippen LogP contribution >= 0.6 is 11.3 Å². The number of carbonyl (C=O) groups is 2. The molecule has 15 heteroatoms. The predicted octanol–water partition coefficient (Wildman–Crippen LogP) is 5.21. The van der Waals surface area contributed by atoms with Gasteiger partial charge in [-0.25, -0.2) is 0 Å². The second-order valence-electron chi connectivity index (χ2n) is 8.42. The first kappa shape index (κ1) is 25.8. The van der Waals surface area contributed by atoms with Crippen LogP contribution in [0.1, 0.15) is 34.3 Å². The molecule has 0 bridgehead atoms. The molecule has 0 aliphatic carbocycles. The first-order valence-corrected chi connectivity index (χ1v) is 11.9. The van der Waals surface area contributed by atoms with Gasteiger partial charge >= 0.3 is 12.4 Å². The number of benzene rings is 2. The molecule has 1 N–H and O–H groups in total. The molecule has 1 atom stereocenters. The third-order valence-electron chi connectivity index (χ3n) is 5.93. The van der Waals surface area contributed by atoms with Crippen LogP contribution in [0.15, 0.2) is 36.4 Å². The van der Waals surface area contributed by atoms with Crippen molar-refractivity contribution in [3.63, 3.8) is 0 Å². The lowest BCUT2D eigenvalue weighted by Crippen LogP contribution is -2.43. The summed E-state index contributed by atoms with van der Waals surface area (Å²) in [6.45, 7) is 0.0674. The standard InChI is InChI=1S/C23H16F6N4O4S/c24-22(25,26)13-6-12(7-14(9-13)23(27,28)29)20(35)33-5-1-2-15(33)18(34)30-21-32-31-19(38-21)11-3-4-16-17(8-11)37-10-36-16/h3-4,6-9,15H,1-2,5,10H2,(H,30,32,34). The summed E-state index contributed by atoms with van der Waals surface area (Å²) in [6, 6.07) is 4.64. The van der Waals surface area contributed by atoms with Crippen molar-refractivity contribution in [1.29, 1.82) is 0 Å². The number of ether oxygens (including phenoxy) is 2. The summed E-state index contributed by atoms with van der Waals surface area (Å²) in [7, 11) is 0. The van der Waals surface area contributed by atoms with E-state index in [0.29, 0.717) is 40.6 Å². The minimum absolute atomic E-state index is 0.0208. The van der Waals surface area contributed by atoms with Crippen molar-refractivity contribution < 1.29 is 45.4 Å². The fraction of sp³-hybridized carbons (Fsp3) is 0.304. The highest BCUT2D eigenvalue weighted by Crippen LogP contribution is 2.38. The van der Waals surface area contributed by atoms with Gasteiger partial charge in [-0.3, -0.25) is 14.9 Å². The summed E-state index contributed by atoms with van der Waals surface area (Å²) in [4.78, 5) is 26.9. The Labute approximate surface area is 214 Å². The Balaban J connectivity index is 1.34. The van der Waals surface area contributed by atoms with Gasteiger partial charge in [0, 0.05) is 17.7 Å². The van der Waals surface area contributed by atoms with Gasteiger partial charge in [0.2, 0.25) is 17.8 Å². The third kappa shape index (κ3) is 5.10. The molecule has 0 spiro atoms. The maximum Gasteiger partial charge on any atom is 0.416 e. The van der Waals surface area contributed by atoms with E-state index in [0.717, 1.165) is 16.2 Å². The van der Waals surface area contributed by atoms with E-state index >= 15 is 0 Å². The van der Waals surface area contributed by atoms with Crippen molar-refractivity contribution in [3.8, 4) is 22.1 Å². The number of hydrogen-bond acceptors (Lipinski definition) is 7. The van der Waals surface area contributed by atoms with Gasteiger partial charge in [0.1, 0.15) is 11.0 Å². The highest BCUT2D eigenvalue weighted by Gasteiger charge is 2.40. The van der Waals surface area contributed by atoms with E-state index in [1.165, 1.54) is 0 Å². The van der Waals surface area contributed by atoms with E-state index in [4.69, 9.17) is 9.47 Å². The van der Waals surface area contributed by atoms with Crippen molar-refractivity contribution >= 4 is 28.3 Å². The van der Waals surface area contributed by atoms with Crippen LogP contribution in [0, 0.1) is 0 Å². The minimum Gasteiger partial charge on any atom is -0.454 e.